The molecule has 0 bridgehead atoms. The number of sulfone groups is 1. The first-order valence-corrected chi connectivity index (χ1v) is 10.0. The summed E-state index contributed by atoms with van der Waals surface area (Å²) in [6, 6.07) is 5.44. The van der Waals surface area contributed by atoms with Gasteiger partial charge >= 0.3 is 0 Å². The van der Waals surface area contributed by atoms with Gasteiger partial charge in [-0.1, -0.05) is 18.0 Å². The highest BCUT2D eigenvalue weighted by Crippen LogP contribution is 2.38. The molecule has 0 radical (unpaired) electrons. The first-order valence-electron chi connectivity index (χ1n) is 6.61. The number of halogens is 2. The second-order valence-corrected chi connectivity index (χ2v) is 9.41. The molecule has 1 aromatic carbocycles. The summed E-state index contributed by atoms with van der Waals surface area (Å²) in [5.74, 6) is -0.0181. The molecule has 0 aromatic heterocycles. The molecule has 1 aliphatic carbocycles. The van der Waals surface area contributed by atoms with Crippen LogP contribution >= 0.6 is 34.2 Å². The molecule has 0 heterocycles. The molecule has 112 valence electrons. The highest BCUT2D eigenvalue weighted by Gasteiger charge is 2.33. The summed E-state index contributed by atoms with van der Waals surface area (Å²) < 4.78 is 24.4. The Balaban J connectivity index is 2.20. The molecule has 1 saturated carbocycles. The van der Waals surface area contributed by atoms with Gasteiger partial charge in [-0.3, -0.25) is 0 Å². The summed E-state index contributed by atoms with van der Waals surface area (Å²) >= 11 is 8.16. The van der Waals surface area contributed by atoms with Gasteiger partial charge in [-0.15, -0.1) is 0 Å². The Kier molecular flexibility index (Phi) is 5.37. The fourth-order valence-electron chi connectivity index (χ4n) is 2.85. The van der Waals surface area contributed by atoms with E-state index < -0.39 is 15.9 Å². The number of aliphatic hydroxyl groups is 1. The fourth-order valence-corrected chi connectivity index (χ4v) is 4.88. The molecule has 0 amide bonds. The van der Waals surface area contributed by atoms with Gasteiger partial charge in [-0.2, -0.15) is 0 Å². The smallest absolute Gasteiger partial charge is 0.150 e. The third-order valence-corrected chi connectivity index (χ3v) is 6.85. The van der Waals surface area contributed by atoms with Gasteiger partial charge in [0, 0.05) is 14.8 Å². The molecule has 1 fully saturated rings. The standard InChI is InChI=1S/C14H18ClIO3S/c1-20(18,19)11-4-2-3-9(7-11)14(17)12-8-10(15)5-6-13(12)16/h5-6,8-9,11,14,17H,2-4,7H2,1H3. The molecular formula is C14H18ClIO3S. The van der Waals surface area contributed by atoms with Gasteiger partial charge in [0.25, 0.3) is 0 Å². The van der Waals surface area contributed by atoms with E-state index in [4.69, 9.17) is 11.6 Å². The lowest BCUT2D eigenvalue weighted by atomic mass is 9.82. The minimum atomic E-state index is -3.03. The normalized spacial score (nSPS) is 25.4. The van der Waals surface area contributed by atoms with Crippen LogP contribution in [0.1, 0.15) is 37.4 Å². The molecule has 3 nitrogen and oxygen atoms in total. The lowest BCUT2D eigenvalue weighted by Crippen LogP contribution is -2.30. The Morgan fingerprint density at radius 1 is 1.40 bits per heavy atom. The SMILES string of the molecule is CS(=O)(=O)C1CCCC(C(O)c2cc(Cl)ccc2I)C1. The van der Waals surface area contributed by atoms with Crippen molar-refractivity contribution in [2.45, 2.75) is 37.0 Å². The van der Waals surface area contributed by atoms with Gasteiger partial charge in [0.1, 0.15) is 9.84 Å². The van der Waals surface area contributed by atoms with Crippen LogP contribution in [0.2, 0.25) is 5.02 Å². The Bertz CT molecular complexity index is 588. The van der Waals surface area contributed by atoms with E-state index in [9.17, 15) is 13.5 Å². The summed E-state index contributed by atoms with van der Waals surface area (Å²) in [5.41, 5.74) is 0.803. The molecule has 1 aromatic rings. The lowest BCUT2D eigenvalue weighted by molar-refractivity contribution is 0.0850. The van der Waals surface area contributed by atoms with E-state index in [2.05, 4.69) is 22.6 Å². The third-order valence-electron chi connectivity index (χ3n) is 4.00. The van der Waals surface area contributed by atoms with E-state index in [-0.39, 0.29) is 11.2 Å². The lowest BCUT2D eigenvalue weighted by Gasteiger charge is -2.31. The zero-order valence-electron chi connectivity index (χ0n) is 11.2. The summed E-state index contributed by atoms with van der Waals surface area (Å²) in [7, 11) is -3.03. The van der Waals surface area contributed by atoms with Crippen LogP contribution in [0.15, 0.2) is 18.2 Å². The number of benzene rings is 1. The van der Waals surface area contributed by atoms with Crippen LogP contribution < -0.4 is 0 Å². The van der Waals surface area contributed by atoms with E-state index >= 15 is 0 Å². The number of hydrogen-bond acceptors (Lipinski definition) is 3. The second-order valence-electron chi connectivity index (χ2n) is 5.49. The Hall–Kier alpha value is 0.150. The summed E-state index contributed by atoms with van der Waals surface area (Å²) in [6.07, 6.45) is 3.57. The van der Waals surface area contributed by atoms with Gasteiger partial charge in [-0.25, -0.2) is 8.42 Å². The van der Waals surface area contributed by atoms with Crippen LogP contribution in [0.25, 0.3) is 0 Å². The van der Waals surface area contributed by atoms with Crippen molar-refractivity contribution >= 4 is 44.0 Å². The number of aliphatic hydroxyl groups excluding tert-OH is 1. The average molecular weight is 429 g/mol. The third kappa shape index (κ3) is 3.87. The van der Waals surface area contributed by atoms with Crippen molar-refractivity contribution in [1.82, 2.24) is 0 Å². The zero-order chi connectivity index (χ0) is 14.9. The monoisotopic (exact) mass is 428 g/mol. The largest absolute Gasteiger partial charge is 0.388 e. The predicted octanol–water partition coefficient (Wildman–Crippen LogP) is 3.58. The van der Waals surface area contributed by atoms with Crippen molar-refractivity contribution in [2.24, 2.45) is 5.92 Å². The number of hydrogen-bond donors (Lipinski definition) is 1. The predicted molar refractivity (Wildman–Crippen MR) is 89.7 cm³/mol. The van der Waals surface area contributed by atoms with Crippen LogP contribution in [-0.4, -0.2) is 25.0 Å². The Morgan fingerprint density at radius 3 is 2.75 bits per heavy atom. The molecule has 1 aliphatic rings. The summed E-state index contributed by atoms with van der Waals surface area (Å²) in [5, 5.41) is 10.8. The van der Waals surface area contributed by atoms with Crippen molar-refractivity contribution in [3.63, 3.8) is 0 Å². The topological polar surface area (TPSA) is 54.4 Å². The van der Waals surface area contributed by atoms with Crippen LogP contribution in [0.3, 0.4) is 0 Å². The highest BCUT2D eigenvalue weighted by atomic mass is 127. The second kappa shape index (κ2) is 6.50. The van der Waals surface area contributed by atoms with Crippen molar-refractivity contribution in [3.05, 3.63) is 32.4 Å². The van der Waals surface area contributed by atoms with Crippen molar-refractivity contribution in [2.75, 3.05) is 6.26 Å². The molecule has 0 spiro atoms. The maximum atomic E-state index is 11.7. The van der Waals surface area contributed by atoms with Crippen molar-refractivity contribution in [3.8, 4) is 0 Å². The van der Waals surface area contributed by atoms with Crippen LogP contribution in [0.4, 0.5) is 0 Å². The van der Waals surface area contributed by atoms with Gasteiger partial charge in [-0.05, 0) is 71.5 Å². The van der Waals surface area contributed by atoms with Crippen molar-refractivity contribution in [1.29, 1.82) is 0 Å². The number of rotatable bonds is 3. The van der Waals surface area contributed by atoms with Crippen LogP contribution in [0, 0.1) is 9.49 Å². The van der Waals surface area contributed by atoms with Crippen molar-refractivity contribution < 1.29 is 13.5 Å². The molecule has 2 rings (SSSR count). The van der Waals surface area contributed by atoms with Gasteiger partial charge in [0.2, 0.25) is 0 Å². The first-order chi connectivity index (χ1) is 9.29. The Labute approximate surface area is 138 Å². The fraction of sp³-hybridized carbons (Fsp3) is 0.571. The maximum absolute atomic E-state index is 11.7. The molecule has 0 aliphatic heterocycles. The molecule has 1 N–H and O–H groups in total. The van der Waals surface area contributed by atoms with E-state index in [1.165, 1.54) is 6.26 Å². The molecule has 3 unspecified atom stereocenters. The van der Waals surface area contributed by atoms with Crippen LogP contribution in [-0.2, 0) is 9.84 Å². The van der Waals surface area contributed by atoms with E-state index in [1.54, 1.807) is 12.1 Å². The minimum Gasteiger partial charge on any atom is -0.388 e. The van der Waals surface area contributed by atoms with Gasteiger partial charge in [0.05, 0.1) is 11.4 Å². The quantitative estimate of drug-likeness (QED) is 0.749. The highest BCUT2D eigenvalue weighted by molar-refractivity contribution is 14.1. The first kappa shape index (κ1) is 16.5. The minimum absolute atomic E-state index is 0.0181. The van der Waals surface area contributed by atoms with E-state index in [1.807, 2.05) is 6.07 Å². The molecular weight excluding hydrogens is 411 g/mol. The maximum Gasteiger partial charge on any atom is 0.150 e. The summed E-state index contributed by atoms with van der Waals surface area (Å²) in [4.78, 5) is 0. The summed E-state index contributed by atoms with van der Waals surface area (Å²) in [6.45, 7) is 0. The van der Waals surface area contributed by atoms with Crippen LogP contribution in [0.5, 0.6) is 0 Å². The van der Waals surface area contributed by atoms with E-state index in [0.29, 0.717) is 17.9 Å². The van der Waals surface area contributed by atoms with Gasteiger partial charge in [0.15, 0.2) is 0 Å². The Morgan fingerprint density at radius 2 is 2.10 bits per heavy atom. The van der Waals surface area contributed by atoms with Gasteiger partial charge < -0.3 is 5.11 Å². The zero-order valence-corrected chi connectivity index (χ0v) is 15.0. The molecule has 6 heteroatoms. The van der Waals surface area contributed by atoms with E-state index in [0.717, 1.165) is 22.0 Å². The molecule has 20 heavy (non-hydrogen) atoms. The molecule has 0 saturated heterocycles. The molecule has 3 atom stereocenters. The average Bonchev–Trinajstić information content (AvgIpc) is 2.40.